The fourth-order valence-electron chi connectivity index (χ4n) is 1.96. The predicted octanol–water partition coefficient (Wildman–Crippen LogP) is 4.00. The third kappa shape index (κ3) is 2.89. The molecule has 1 aromatic carbocycles. The smallest absolute Gasteiger partial charge is 0.123 e. The quantitative estimate of drug-likeness (QED) is 0.875. The Morgan fingerprint density at radius 1 is 1.22 bits per heavy atom. The molecule has 2 aromatic rings. The van der Waals surface area contributed by atoms with E-state index in [1.54, 1.807) is 11.3 Å². The number of thiophene rings is 1. The van der Waals surface area contributed by atoms with Gasteiger partial charge in [-0.25, -0.2) is 4.39 Å². The number of halogens is 1. The van der Waals surface area contributed by atoms with Gasteiger partial charge in [-0.3, -0.25) is 0 Å². The van der Waals surface area contributed by atoms with Gasteiger partial charge < -0.3 is 10.4 Å². The Kier molecular flexibility index (Phi) is 3.99. The highest BCUT2D eigenvalue weighted by atomic mass is 32.1. The van der Waals surface area contributed by atoms with E-state index in [0.29, 0.717) is 5.56 Å². The van der Waals surface area contributed by atoms with Gasteiger partial charge in [-0.15, -0.1) is 11.3 Å². The van der Waals surface area contributed by atoms with Crippen molar-refractivity contribution in [1.29, 1.82) is 0 Å². The predicted molar refractivity (Wildman–Crippen MR) is 72.3 cm³/mol. The first-order valence-electron chi connectivity index (χ1n) is 5.86. The fraction of sp³-hybridized carbons (Fsp3) is 0.286. The molecule has 0 spiro atoms. The molecule has 0 saturated carbocycles. The van der Waals surface area contributed by atoms with Gasteiger partial charge in [-0.2, -0.15) is 0 Å². The minimum atomic E-state index is -0.333. The van der Waals surface area contributed by atoms with Crippen molar-refractivity contribution in [3.63, 3.8) is 0 Å². The van der Waals surface area contributed by atoms with Crippen molar-refractivity contribution < 1.29 is 9.50 Å². The summed E-state index contributed by atoms with van der Waals surface area (Å²) in [4.78, 5) is 1.22. The summed E-state index contributed by atoms with van der Waals surface area (Å²) in [5.41, 5.74) is 0.582. The Balaban J connectivity index is 2.12. The average molecular weight is 265 g/mol. The number of hydrogen-bond acceptors (Lipinski definition) is 3. The summed E-state index contributed by atoms with van der Waals surface area (Å²) in [5, 5.41) is 15.1. The van der Waals surface area contributed by atoms with Crippen LogP contribution in [0.1, 0.15) is 36.4 Å². The summed E-state index contributed by atoms with van der Waals surface area (Å²) in [6.45, 7) is 3.97. The van der Waals surface area contributed by atoms with Gasteiger partial charge in [0, 0.05) is 22.5 Å². The number of hydrogen-bond donors (Lipinski definition) is 2. The molecule has 1 unspecified atom stereocenters. The molecule has 0 saturated heterocycles. The van der Waals surface area contributed by atoms with Crippen LogP contribution in [0.25, 0.3) is 0 Å². The van der Waals surface area contributed by atoms with Crippen LogP contribution in [0.5, 0.6) is 5.75 Å². The van der Waals surface area contributed by atoms with Crippen molar-refractivity contribution in [3.8, 4) is 5.75 Å². The molecule has 4 heteroatoms. The van der Waals surface area contributed by atoms with E-state index < -0.39 is 0 Å². The van der Waals surface area contributed by atoms with Crippen LogP contribution in [-0.2, 0) is 0 Å². The summed E-state index contributed by atoms with van der Waals surface area (Å²) < 4.78 is 13.2. The molecular formula is C14H16FNOS. The molecule has 0 radical (unpaired) electrons. The van der Waals surface area contributed by atoms with Crippen molar-refractivity contribution in [2.75, 3.05) is 0 Å². The summed E-state index contributed by atoms with van der Waals surface area (Å²) in [5.74, 6) is -0.213. The van der Waals surface area contributed by atoms with Gasteiger partial charge in [0.2, 0.25) is 0 Å². The van der Waals surface area contributed by atoms with E-state index in [4.69, 9.17) is 0 Å². The van der Waals surface area contributed by atoms with E-state index in [9.17, 15) is 9.50 Å². The number of rotatable bonds is 4. The van der Waals surface area contributed by atoms with Gasteiger partial charge in [0.25, 0.3) is 0 Å². The number of nitrogens with one attached hydrogen (secondary N) is 1. The zero-order valence-electron chi connectivity index (χ0n) is 10.4. The van der Waals surface area contributed by atoms with Gasteiger partial charge >= 0.3 is 0 Å². The average Bonchev–Trinajstić information content (AvgIpc) is 2.85. The van der Waals surface area contributed by atoms with E-state index in [0.717, 1.165) is 0 Å². The fourth-order valence-corrected chi connectivity index (χ4v) is 2.70. The number of aromatic hydroxyl groups is 1. The van der Waals surface area contributed by atoms with Crippen molar-refractivity contribution >= 4 is 11.3 Å². The van der Waals surface area contributed by atoms with Gasteiger partial charge in [0.1, 0.15) is 11.6 Å². The molecule has 0 aliphatic rings. The first-order chi connectivity index (χ1) is 8.58. The van der Waals surface area contributed by atoms with Crippen molar-refractivity contribution in [1.82, 2.24) is 5.32 Å². The number of phenols is 1. The second kappa shape index (κ2) is 5.50. The van der Waals surface area contributed by atoms with Crippen LogP contribution in [0.15, 0.2) is 35.7 Å². The zero-order valence-corrected chi connectivity index (χ0v) is 11.2. The highest BCUT2D eigenvalue weighted by Crippen LogP contribution is 2.28. The molecule has 1 heterocycles. The summed E-state index contributed by atoms with van der Waals surface area (Å²) in [6, 6.07) is 8.13. The first kappa shape index (κ1) is 13.1. The molecule has 18 heavy (non-hydrogen) atoms. The maximum Gasteiger partial charge on any atom is 0.123 e. The molecule has 0 amide bonds. The molecule has 0 fully saturated rings. The van der Waals surface area contributed by atoms with Gasteiger partial charge in [-0.1, -0.05) is 6.07 Å². The standard InChI is InChI=1S/C14H16FNOS/c1-9(12-8-11(15)5-6-13(12)17)16-10(2)14-4-3-7-18-14/h3-10,16-17H,1-2H3/t9?,10-/m0/s1. The van der Waals surface area contributed by atoms with E-state index in [1.807, 2.05) is 18.4 Å². The number of benzene rings is 1. The molecule has 1 aromatic heterocycles. The lowest BCUT2D eigenvalue weighted by atomic mass is 10.1. The van der Waals surface area contributed by atoms with E-state index in [-0.39, 0.29) is 23.7 Å². The van der Waals surface area contributed by atoms with E-state index >= 15 is 0 Å². The monoisotopic (exact) mass is 265 g/mol. The molecule has 0 bridgehead atoms. The van der Waals surface area contributed by atoms with Crippen LogP contribution in [0, 0.1) is 5.82 Å². The second-order valence-corrected chi connectivity index (χ2v) is 5.31. The molecule has 0 aliphatic carbocycles. The molecule has 96 valence electrons. The third-order valence-corrected chi connectivity index (χ3v) is 3.98. The highest BCUT2D eigenvalue weighted by molar-refractivity contribution is 7.10. The largest absolute Gasteiger partial charge is 0.508 e. The third-order valence-electron chi connectivity index (χ3n) is 2.93. The SMILES string of the molecule is CC(N[C@@H](C)c1cccs1)c1cc(F)ccc1O. The highest BCUT2D eigenvalue weighted by Gasteiger charge is 2.15. The number of phenolic OH excluding ortho intramolecular Hbond substituents is 1. The molecular weight excluding hydrogens is 249 g/mol. The molecule has 2 rings (SSSR count). The molecule has 0 aliphatic heterocycles. The summed E-state index contributed by atoms with van der Waals surface area (Å²) >= 11 is 1.68. The Morgan fingerprint density at radius 2 is 2.00 bits per heavy atom. The summed E-state index contributed by atoms with van der Waals surface area (Å²) in [7, 11) is 0. The van der Waals surface area contributed by atoms with Crippen LogP contribution in [0.4, 0.5) is 4.39 Å². The normalized spacial score (nSPS) is 14.4. The molecule has 2 atom stereocenters. The maximum absolute atomic E-state index is 13.2. The van der Waals surface area contributed by atoms with Crippen LogP contribution >= 0.6 is 11.3 Å². The second-order valence-electron chi connectivity index (χ2n) is 4.33. The Hall–Kier alpha value is -1.39. The Labute approximate surface area is 110 Å². The van der Waals surface area contributed by atoms with Gasteiger partial charge in [0.05, 0.1) is 0 Å². The van der Waals surface area contributed by atoms with Crippen LogP contribution < -0.4 is 5.32 Å². The van der Waals surface area contributed by atoms with Crippen molar-refractivity contribution in [2.24, 2.45) is 0 Å². The van der Waals surface area contributed by atoms with Crippen molar-refractivity contribution in [3.05, 3.63) is 52.0 Å². The van der Waals surface area contributed by atoms with Gasteiger partial charge in [-0.05, 0) is 43.5 Å². The topological polar surface area (TPSA) is 32.3 Å². The minimum Gasteiger partial charge on any atom is -0.508 e. The lowest BCUT2D eigenvalue weighted by Crippen LogP contribution is -2.22. The maximum atomic E-state index is 13.2. The zero-order chi connectivity index (χ0) is 13.1. The van der Waals surface area contributed by atoms with Gasteiger partial charge in [0.15, 0.2) is 0 Å². The first-order valence-corrected chi connectivity index (χ1v) is 6.73. The molecule has 2 N–H and O–H groups in total. The molecule has 2 nitrogen and oxygen atoms in total. The lowest BCUT2D eigenvalue weighted by molar-refractivity contribution is 0.436. The van der Waals surface area contributed by atoms with Crippen molar-refractivity contribution in [2.45, 2.75) is 25.9 Å². The summed E-state index contributed by atoms with van der Waals surface area (Å²) in [6.07, 6.45) is 0. The van der Waals surface area contributed by atoms with Crippen LogP contribution in [0.2, 0.25) is 0 Å². The van der Waals surface area contributed by atoms with Crippen LogP contribution in [-0.4, -0.2) is 5.11 Å². The van der Waals surface area contributed by atoms with E-state index in [2.05, 4.69) is 18.3 Å². The minimum absolute atomic E-state index is 0.113. The Bertz CT molecular complexity index is 513. The lowest BCUT2D eigenvalue weighted by Gasteiger charge is -2.20. The Morgan fingerprint density at radius 3 is 2.67 bits per heavy atom. The van der Waals surface area contributed by atoms with E-state index in [1.165, 1.54) is 23.1 Å². The van der Waals surface area contributed by atoms with Crippen LogP contribution in [0.3, 0.4) is 0 Å².